The Balaban J connectivity index is 0.000000218. The first-order valence-electron chi connectivity index (χ1n) is 45.0. The smallest absolute Gasteiger partial charge is 0.227 e. The lowest BCUT2D eigenvalue weighted by molar-refractivity contribution is -0.147. The van der Waals surface area contributed by atoms with Gasteiger partial charge in [-0.15, -0.1) is 0 Å². The number of nitrogens with zero attached hydrogens (tertiary/aromatic N) is 4. The number of likely N-dealkylation sites (tertiary alicyclic amines) is 4. The van der Waals surface area contributed by atoms with E-state index < -0.39 is 70.6 Å². The molecule has 618 valence electrons. The Morgan fingerprint density at radius 2 is 0.855 bits per heavy atom. The van der Waals surface area contributed by atoms with Crippen molar-refractivity contribution in [2.45, 2.75) is 358 Å². The number of amides is 4. The van der Waals surface area contributed by atoms with Crippen molar-refractivity contribution in [2.75, 3.05) is 52.4 Å². The zero-order chi connectivity index (χ0) is 79.8. The fraction of sp³-hybridized carbons (Fsp3) is 0.880. The number of aliphatic hydroxyl groups is 1. The average Bonchev–Trinajstić information content (AvgIpc) is 1.46. The first-order chi connectivity index (χ1) is 52.0. The number of aliphatic hydroxyl groups excluding tert-OH is 1. The molecule has 0 aromatic heterocycles. The van der Waals surface area contributed by atoms with Crippen LogP contribution in [-0.4, -0.2) is 171 Å². The highest BCUT2D eigenvalue weighted by Crippen LogP contribution is 2.89. The number of piperidine rings is 2. The predicted octanol–water partition coefficient (Wildman–Crippen LogP) is 14.8. The van der Waals surface area contributed by atoms with Gasteiger partial charge in [-0.25, -0.2) is 0 Å². The molecule has 4 heterocycles. The Bertz CT molecular complexity index is 3350. The van der Waals surface area contributed by atoms with Gasteiger partial charge in [-0.05, 0) is 217 Å². The fourth-order valence-electron chi connectivity index (χ4n) is 24.4. The molecule has 12 fully saturated rings. The van der Waals surface area contributed by atoms with Gasteiger partial charge in [0.05, 0.1) is 36.0 Å². The van der Waals surface area contributed by atoms with E-state index in [0.717, 1.165) is 187 Å². The van der Waals surface area contributed by atoms with Crippen molar-refractivity contribution in [1.29, 1.82) is 0 Å². The molecule has 110 heavy (non-hydrogen) atoms. The van der Waals surface area contributed by atoms with Crippen molar-refractivity contribution in [1.82, 2.24) is 30.2 Å². The fourth-order valence-corrected chi connectivity index (χ4v) is 24.4. The second-order valence-electron chi connectivity index (χ2n) is 41.4. The van der Waals surface area contributed by atoms with Gasteiger partial charge in [0.25, 0.3) is 0 Å². The number of rotatable bonds is 34. The number of carbonyl (C=O) groups is 11. The molecule has 4 amide bonds. The highest BCUT2D eigenvalue weighted by Gasteiger charge is 2.86. The molecule has 4 aliphatic heterocycles. The third kappa shape index (κ3) is 17.4. The van der Waals surface area contributed by atoms with Crippen LogP contribution in [0.2, 0.25) is 0 Å². The summed E-state index contributed by atoms with van der Waals surface area (Å²) >= 11 is 0. The van der Waals surface area contributed by atoms with Crippen molar-refractivity contribution >= 4 is 64.1 Å². The van der Waals surface area contributed by atoms with Gasteiger partial charge in [0.1, 0.15) is 6.10 Å². The first kappa shape index (κ1) is 86.3. The molecule has 4 spiro atoms. The van der Waals surface area contributed by atoms with Crippen molar-refractivity contribution < 1.29 is 57.8 Å². The van der Waals surface area contributed by atoms with Gasteiger partial charge in [0.15, 0.2) is 34.7 Å². The maximum Gasteiger partial charge on any atom is 0.227 e. The summed E-state index contributed by atoms with van der Waals surface area (Å²) in [6.07, 6.45) is 27.6. The first-order valence-corrected chi connectivity index (χ1v) is 45.0. The lowest BCUT2D eigenvalue weighted by Gasteiger charge is -2.38. The minimum Gasteiger partial charge on any atom is -0.385 e. The Morgan fingerprint density at radius 3 is 1.21 bits per heavy atom. The van der Waals surface area contributed by atoms with Crippen LogP contribution in [0.3, 0.4) is 0 Å². The molecule has 8 aliphatic carbocycles. The number of nitrogens with one attached hydrogen (secondary N) is 2. The number of fused-ring (bicyclic) bond motifs is 2. The van der Waals surface area contributed by atoms with E-state index in [1.807, 2.05) is 65.2 Å². The Hall–Kier alpha value is -4.55. The molecule has 18 heteroatoms. The van der Waals surface area contributed by atoms with Crippen LogP contribution < -0.4 is 10.6 Å². The number of hydrogen-bond donors (Lipinski definition) is 3. The SMILES string of the molecule is CCC[C@H](CC(=O)[C@@H]1C[C@@]2(CN1C(=O)[C@@H](CC(=O)[C@@H](NC(=O)[C@@H]1CCCN(CC)C1)C1CCCCC1)C(C)(C)C)C(C)(C)C21CCC1)C(=O)C(=O)CC1CC1.CCC[C@H](CC(=O)[C@@H]1C[C@@]2(CN1C(=O)[C@@H](CC(=O)[C@@H](NC(=O)[C@@H]1CCCN(CC)C1)C1CCCCC1)C(C)(C)C)C(C)(C)C21CCC1)C(O)C(=O)CC1CC1. The normalized spacial score (nSPS) is 29.7. The van der Waals surface area contributed by atoms with Gasteiger partial charge < -0.3 is 35.3 Å². The predicted molar refractivity (Wildman–Crippen MR) is 429 cm³/mol. The molecule has 4 saturated heterocycles. The number of carbonyl (C=O) groups excluding carboxylic acids is 11. The summed E-state index contributed by atoms with van der Waals surface area (Å²) in [7, 11) is 0. The van der Waals surface area contributed by atoms with Crippen molar-refractivity contribution in [3.63, 3.8) is 0 Å². The molecular formula is C92H148N6O12. The summed E-state index contributed by atoms with van der Waals surface area (Å²) in [6, 6.07) is -2.56. The average molecular weight is 1530 g/mol. The lowest BCUT2D eigenvalue weighted by Crippen LogP contribution is -2.53. The maximum absolute atomic E-state index is 15.2. The molecule has 13 atom stereocenters. The van der Waals surface area contributed by atoms with Crippen LogP contribution in [0, 0.1) is 102 Å². The Labute approximate surface area is 662 Å². The number of hydrogen-bond acceptors (Lipinski definition) is 14. The van der Waals surface area contributed by atoms with Gasteiger partial charge in [-0.3, -0.25) is 52.7 Å². The van der Waals surface area contributed by atoms with Crippen LogP contribution in [0.15, 0.2) is 0 Å². The minimum absolute atomic E-state index is 0.00967. The third-order valence-electron chi connectivity index (χ3n) is 32.6. The van der Waals surface area contributed by atoms with E-state index in [0.29, 0.717) is 76.5 Å². The standard InChI is InChI=1S/C46H75N3O6.C46H73N3O6/c2*1-8-15-32(40(53)38(52)24-30-19-20-30)25-36(50)35-27-46(44(6,7)45(46)21-14-22-45)29-49(35)42(55)34(43(3,4)5)26-37(51)39(31-16-11-10-12-17-31)47-41(54)33-18-13-23-48(9-2)28-33/h30-35,39-40,53H,8-29H2,1-7H3,(H,47,54);30-35,39H,8-29H2,1-7H3,(H,47,54)/t32-,33-,34-,35+,39+,40?,46-;32-,33-,34-,35+,39+,46-/m11/s1. The molecule has 12 rings (SSSR count). The third-order valence-corrected chi connectivity index (χ3v) is 32.6. The van der Waals surface area contributed by atoms with E-state index in [-0.39, 0.29) is 147 Å². The van der Waals surface area contributed by atoms with E-state index in [1.54, 1.807) is 0 Å². The van der Waals surface area contributed by atoms with Gasteiger partial charge in [-0.1, -0.05) is 161 Å². The zero-order valence-electron chi connectivity index (χ0n) is 71.0. The summed E-state index contributed by atoms with van der Waals surface area (Å²) in [5, 5.41) is 17.8. The molecule has 18 nitrogen and oxygen atoms in total. The molecule has 3 N–H and O–H groups in total. The van der Waals surface area contributed by atoms with Gasteiger partial charge >= 0.3 is 0 Å². The van der Waals surface area contributed by atoms with Crippen LogP contribution in [-0.2, 0) is 52.7 Å². The number of ketones is 7. The minimum atomic E-state index is -1.16. The topological polar surface area (TPSA) is 245 Å². The van der Waals surface area contributed by atoms with E-state index in [2.05, 4.69) is 62.0 Å². The summed E-state index contributed by atoms with van der Waals surface area (Å²) < 4.78 is 0. The molecule has 0 aromatic carbocycles. The second kappa shape index (κ2) is 34.7. The van der Waals surface area contributed by atoms with Crippen molar-refractivity contribution in [2.24, 2.45) is 102 Å². The Morgan fingerprint density at radius 1 is 0.455 bits per heavy atom. The second-order valence-corrected chi connectivity index (χ2v) is 41.4. The molecule has 1 unspecified atom stereocenters. The molecule has 12 aliphatic rings. The van der Waals surface area contributed by atoms with Crippen molar-refractivity contribution in [3.8, 4) is 0 Å². The van der Waals surface area contributed by atoms with Gasteiger partial charge in [0, 0.05) is 93.3 Å². The quantitative estimate of drug-likeness (QED) is 0.0508. The largest absolute Gasteiger partial charge is 0.385 e. The van der Waals surface area contributed by atoms with E-state index in [1.165, 1.54) is 0 Å². The summed E-state index contributed by atoms with van der Waals surface area (Å²) in [4.78, 5) is 165. The van der Waals surface area contributed by atoms with Crippen LogP contribution >= 0.6 is 0 Å². The van der Waals surface area contributed by atoms with E-state index in [4.69, 9.17) is 0 Å². The van der Waals surface area contributed by atoms with Gasteiger partial charge in [-0.2, -0.15) is 0 Å². The van der Waals surface area contributed by atoms with Crippen LogP contribution in [0.25, 0.3) is 0 Å². The van der Waals surface area contributed by atoms with Crippen LogP contribution in [0.1, 0.15) is 328 Å². The zero-order valence-corrected chi connectivity index (χ0v) is 71.0. The van der Waals surface area contributed by atoms with Crippen molar-refractivity contribution in [3.05, 3.63) is 0 Å². The molecule has 8 saturated carbocycles. The lowest BCUT2D eigenvalue weighted by atomic mass is 9.73. The maximum atomic E-state index is 15.2. The van der Waals surface area contributed by atoms with E-state index in [9.17, 15) is 48.3 Å². The monoisotopic (exact) mass is 1530 g/mol. The number of Topliss-reactive ketones (excluding diaryl/α,β-unsaturated/α-hetero) is 7. The van der Waals surface area contributed by atoms with Crippen LogP contribution in [0.4, 0.5) is 0 Å². The molecular weight excluding hydrogens is 1380 g/mol. The summed E-state index contributed by atoms with van der Waals surface area (Å²) in [6.45, 7) is 35.8. The summed E-state index contributed by atoms with van der Waals surface area (Å²) in [5.74, 6) is -3.55. The van der Waals surface area contributed by atoms with E-state index >= 15 is 9.59 Å². The molecule has 0 radical (unpaired) electrons. The van der Waals surface area contributed by atoms with Crippen LogP contribution in [0.5, 0.6) is 0 Å². The summed E-state index contributed by atoms with van der Waals surface area (Å²) in [5.41, 5.74) is -1.31. The highest BCUT2D eigenvalue weighted by atomic mass is 16.3. The highest BCUT2D eigenvalue weighted by molar-refractivity contribution is 6.38. The molecule has 0 bridgehead atoms. The Kier molecular flexibility index (Phi) is 27.2. The molecule has 0 aromatic rings. The van der Waals surface area contributed by atoms with Gasteiger partial charge in [0.2, 0.25) is 29.4 Å².